The summed E-state index contributed by atoms with van der Waals surface area (Å²) < 4.78 is 5.82. The van der Waals surface area contributed by atoms with Crippen LogP contribution in [0.5, 0.6) is 11.5 Å². The lowest BCUT2D eigenvalue weighted by Gasteiger charge is -2.13. The second kappa shape index (κ2) is 11.4. The Labute approximate surface area is 173 Å². The van der Waals surface area contributed by atoms with Gasteiger partial charge in [0.05, 0.1) is 12.2 Å². The van der Waals surface area contributed by atoms with Crippen molar-refractivity contribution in [3.63, 3.8) is 0 Å². The summed E-state index contributed by atoms with van der Waals surface area (Å²) in [7, 11) is 0. The summed E-state index contributed by atoms with van der Waals surface area (Å²) in [4.78, 5) is 14.7. The zero-order valence-corrected chi connectivity index (χ0v) is 17.1. The molecule has 0 unspecified atom stereocenters. The molecule has 1 N–H and O–H groups in total. The lowest BCUT2D eigenvalue weighted by Crippen LogP contribution is -2.20. The molecule has 4 heteroatoms. The van der Waals surface area contributed by atoms with Gasteiger partial charge in [0.25, 0.3) is 0 Å². The molecule has 154 valence electrons. The fourth-order valence-corrected chi connectivity index (χ4v) is 3.61. The fourth-order valence-electron chi connectivity index (χ4n) is 3.61. The van der Waals surface area contributed by atoms with Gasteiger partial charge in [-0.2, -0.15) is 0 Å². The first kappa shape index (κ1) is 21.1. The van der Waals surface area contributed by atoms with Crippen LogP contribution in [0.25, 0.3) is 6.08 Å². The van der Waals surface area contributed by atoms with E-state index in [1.807, 2.05) is 24.3 Å². The molecule has 3 rings (SSSR count). The lowest BCUT2D eigenvalue weighted by atomic mass is 10.1. The molecule has 0 spiro atoms. The second-order valence-corrected chi connectivity index (χ2v) is 7.60. The van der Waals surface area contributed by atoms with E-state index in [9.17, 15) is 9.90 Å². The highest BCUT2D eigenvalue weighted by atomic mass is 16.5. The predicted octanol–water partition coefficient (Wildman–Crippen LogP) is 5.32. The van der Waals surface area contributed by atoms with E-state index in [4.69, 9.17) is 4.74 Å². The number of carbonyl (C=O) groups is 1. The molecular weight excluding hydrogens is 362 g/mol. The molecule has 0 saturated carbocycles. The average Bonchev–Trinajstić information content (AvgIpc) is 3.26. The third-order valence-corrected chi connectivity index (χ3v) is 5.31. The van der Waals surface area contributed by atoms with E-state index in [-0.39, 0.29) is 11.5 Å². The molecule has 0 atom stereocenters. The molecular formula is C25H31NO3. The molecule has 0 amide bonds. The minimum atomic E-state index is -0.215. The Morgan fingerprint density at radius 1 is 0.966 bits per heavy atom. The molecule has 1 heterocycles. The maximum Gasteiger partial charge on any atom is 0.189 e. The minimum Gasteiger partial charge on any atom is -0.507 e. The Morgan fingerprint density at radius 2 is 1.69 bits per heavy atom. The van der Waals surface area contributed by atoms with E-state index in [2.05, 4.69) is 4.90 Å². The van der Waals surface area contributed by atoms with E-state index < -0.39 is 0 Å². The van der Waals surface area contributed by atoms with E-state index in [1.165, 1.54) is 63.9 Å². The lowest BCUT2D eigenvalue weighted by molar-refractivity contribution is 0.104. The van der Waals surface area contributed by atoms with Gasteiger partial charge in [-0.1, -0.05) is 43.2 Å². The highest BCUT2D eigenvalue weighted by Crippen LogP contribution is 2.18. The monoisotopic (exact) mass is 393 g/mol. The largest absolute Gasteiger partial charge is 0.507 e. The van der Waals surface area contributed by atoms with Crippen LogP contribution >= 0.6 is 0 Å². The van der Waals surface area contributed by atoms with E-state index in [0.717, 1.165) is 24.3 Å². The number of aromatic hydroxyl groups is 1. The van der Waals surface area contributed by atoms with Crippen molar-refractivity contribution in [3.05, 3.63) is 65.7 Å². The van der Waals surface area contributed by atoms with Crippen molar-refractivity contribution in [2.24, 2.45) is 0 Å². The van der Waals surface area contributed by atoms with Crippen molar-refractivity contribution in [1.29, 1.82) is 0 Å². The van der Waals surface area contributed by atoms with Crippen LogP contribution in [0.2, 0.25) is 0 Å². The number of phenols is 1. The third-order valence-electron chi connectivity index (χ3n) is 5.31. The number of allylic oxidation sites excluding steroid dienone is 1. The van der Waals surface area contributed by atoms with E-state index in [0.29, 0.717) is 5.56 Å². The minimum absolute atomic E-state index is 0.00180. The number of phenolic OH excluding ortho intramolecular Hbond substituents is 1. The maximum atomic E-state index is 12.2. The Balaban J connectivity index is 1.33. The summed E-state index contributed by atoms with van der Waals surface area (Å²) in [6.45, 7) is 4.57. The SMILES string of the molecule is O=C(/C=C/c1ccc(OCCCCCCN2CCCC2)cc1)c1ccccc1O. The van der Waals surface area contributed by atoms with Crippen molar-refractivity contribution in [1.82, 2.24) is 4.90 Å². The molecule has 1 saturated heterocycles. The number of nitrogens with zero attached hydrogens (tertiary/aromatic N) is 1. The normalized spacial score (nSPS) is 14.5. The summed E-state index contributed by atoms with van der Waals surface area (Å²) >= 11 is 0. The van der Waals surface area contributed by atoms with Gasteiger partial charge in [-0.3, -0.25) is 4.79 Å². The quantitative estimate of drug-likeness (QED) is 0.319. The van der Waals surface area contributed by atoms with Crippen molar-refractivity contribution in [3.8, 4) is 11.5 Å². The van der Waals surface area contributed by atoms with Gasteiger partial charge in [0.2, 0.25) is 0 Å². The molecule has 0 aliphatic carbocycles. The molecule has 2 aromatic rings. The standard InChI is InChI=1S/C25H31NO3/c27-24-10-4-3-9-23(24)25(28)16-13-21-11-14-22(15-12-21)29-20-8-2-1-5-17-26-18-6-7-19-26/h3-4,9-16,27H,1-2,5-8,17-20H2/b16-13+. The number of likely N-dealkylation sites (tertiary alicyclic amines) is 1. The zero-order valence-electron chi connectivity index (χ0n) is 17.1. The topological polar surface area (TPSA) is 49.8 Å². The first-order valence-electron chi connectivity index (χ1n) is 10.7. The highest BCUT2D eigenvalue weighted by Gasteiger charge is 2.10. The molecule has 0 bridgehead atoms. The Morgan fingerprint density at radius 3 is 2.45 bits per heavy atom. The van der Waals surface area contributed by atoms with Gasteiger partial charge in [-0.05, 0) is 81.2 Å². The van der Waals surface area contributed by atoms with Gasteiger partial charge >= 0.3 is 0 Å². The number of hydrogen-bond acceptors (Lipinski definition) is 4. The van der Waals surface area contributed by atoms with Crippen LogP contribution in [0.15, 0.2) is 54.6 Å². The van der Waals surface area contributed by atoms with Crippen molar-refractivity contribution < 1.29 is 14.6 Å². The number of carbonyl (C=O) groups excluding carboxylic acids is 1. The Hall–Kier alpha value is -2.59. The molecule has 0 aromatic heterocycles. The zero-order chi connectivity index (χ0) is 20.3. The summed E-state index contributed by atoms with van der Waals surface area (Å²) in [6.07, 6.45) is 10.8. The highest BCUT2D eigenvalue weighted by molar-refractivity contribution is 6.08. The number of ether oxygens (including phenoxy) is 1. The van der Waals surface area contributed by atoms with Crippen molar-refractivity contribution >= 4 is 11.9 Å². The number of unbranched alkanes of at least 4 members (excludes halogenated alkanes) is 3. The fraction of sp³-hybridized carbons (Fsp3) is 0.400. The van der Waals surface area contributed by atoms with Crippen LogP contribution < -0.4 is 4.74 Å². The van der Waals surface area contributed by atoms with Gasteiger partial charge in [0.15, 0.2) is 5.78 Å². The van der Waals surface area contributed by atoms with Gasteiger partial charge in [0.1, 0.15) is 11.5 Å². The maximum absolute atomic E-state index is 12.2. The number of para-hydroxylation sites is 1. The average molecular weight is 394 g/mol. The third kappa shape index (κ3) is 7.06. The molecule has 0 radical (unpaired) electrons. The summed E-state index contributed by atoms with van der Waals surface area (Å²) in [6, 6.07) is 14.3. The summed E-state index contributed by atoms with van der Waals surface area (Å²) in [5.41, 5.74) is 1.23. The Kier molecular flexibility index (Phi) is 8.32. The van der Waals surface area contributed by atoms with Crippen LogP contribution in [-0.2, 0) is 0 Å². The molecule has 2 aromatic carbocycles. The van der Waals surface area contributed by atoms with Crippen molar-refractivity contribution in [2.75, 3.05) is 26.2 Å². The number of rotatable bonds is 11. The van der Waals surface area contributed by atoms with Crippen LogP contribution in [-0.4, -0.2) is 42.0 Å². The molecule has 1 fully saturated rings. The van der Waals surface area contributed by atoms with Gasteiger partial charge in [0, 0.05) is 0 Å². The van der Waals surface area contributed by atoms with Gasteiger partial charge in [-0.25, -0.2) is 0 Å². The first-order valence-corrected chi connectivity index (χ1v) is 10.7. The smallest absolute Gasteiger partial charge is 0.189 e. The Bertz CT molecular complexity index is 792. The van der Waals surface area contributed by atoms with E-state index in [1.54, 1.807) is 24.3 Å². The van der Waals surface area contributed by atoms with Crippen LogP contribution in [0.3, 0.4) is 0 Å². The van der Waals surface area contributed by atoms with Crippen LogP contribution in [0.4, 0.5) is 0 Å². The van der Waals surface area contributed by atoms with Gasteiger partial charge < -0.3 is 14.7 Å². The predicted molar refractivity (Wildman–Crippen MR) is 118 cm³/mol. The number of benzene rings is 2. The second-order valence-electron chi connectivity index (χ2n) is 7.60. The number of ketones is 1. The molecule has 4 nitrogen and oxygen atoms in total. The van der Waals surface area contributed by atoms with E-state index >= 15 is 0 Å². The summed E-state index contributed by atoms with van der Waals surface area (Å²) in [5.74, 6) is 0.640. The van der Waals surface area contributed by atoms with Crippen molar-refractivity contribution in [2.45, 2.75) is 38.5 Å². The first-order chi connectivity index (χ1) is 14.2. The molecule has 1 aliphatic rings. The molecule has 29 heavy (non-hydrogen) atoms. The number of hydrogen-bond donors (Lipinski definition) is 1. The van der Waals surface area contributed by atoms with Crippen LogP contribution in [0, 0.1) is 0 Å². The molecule has 1 aliphatic heterocycles. The van der Waals surface area contributed by atoms with Crippen LogP contribution in [0.1, 0.15) is 54.4 Å². The summed E-state index contributed by atoms with van der Waals surface area (Å²) in [5, 5.41) is 9.74. The van der Waals surface area contributed by atoms with Gasteiger partial charge in [-0.15, -0.1) is 0 Å².